The molecule has 0 spiro atoms. The lowest BCUT2D eigenvalue weighted by Crippen LogP contribution is -2.36. The Morgan fingerprint density at radius 2 is 2.00 bits per heavy atom. The van der Waals surface area contributed by atoms with Crippen molar-refractivity contribution in [3.8, 4) is 0 Å². The van der Waals surface area contributed by atoms with E-state index in [-0.39, 0.29) is 18.1 Å². The second-order valence-electron chi connectivity index (χ2n) is 6.40. The van der Waals surface area contributed by atoms with E-state index in [9.17, 15) is 4.79 Å². The molecule has 0 saturated heterocycles. The number of hydrogen-bond acceptors (Lipinski definition) is 3. The predicted octanol–water partition coefficient (Wildman–Crippen LogP) is 4.09. The fourth-order valence-corrected chi connectivity index (χ4v) is 3.71. The Morgan fingerprint density at radius 1 is 1.24 bits per heavy atom. The van der Waals surface area contributed by atoms with Gasteiger partial charge in [-0.25, -0.2) is 0 Å². The van der Waals surface area contributed by atoms with E-state index >= 15 is 0 Å². The molecule has 0 bridgehead atoms. The predicted molar refractivity (Wildman–Crippen MR) is 98.1 cm³/mol. The molecular formula is C21H26N2O2. The van der Waals surface area contributed by atoms with Crippen LogP contribution in [0, 0.1) is 0 Å². The first-order chi connectivity index (χ1) is 12.2. The summed E-state index contributed by atoms with van der Waals surface area (Å²) in [6.45, 7) is 5.53. The summed E-state index contributed by atoms with van der Waals surface area (Å²) in [5.74, 6) is 0.146. The Morgan fingerprint density at radius 3 is 2.72 bits per heavy atom. The zero-order valence-corrected chi connectivity index (χ0v) is 15.0. The number of nitrogens with zero attached hydrogens (tertiary/aromatic N) is 2. The molecule has 1 aromatic carbocycles. The molecule has 1 aliphatic heterocycles. The van der Waals surface area contributed by atoms with Crippen LogP contribution in [-0.4, -0.2) is 28.9 Å². The van der Waals surface area contributed by atoms with Gasteiger partial charge in [0, 0.05) is 18.9 Å². The molecule has 4 heteroatoms. The average molecular weight is 338 g/mol. The van der Waals surface area contributed by atoms with Crippen molar-refractivity contribution in [3.05, 3.63) is 65.5 Å². The number of carbonyl (C=O) groups is 1. The zero-order valence-electron chi connectivity index (χ0n) is 15.0. The van der Waals surface area contributed by atoms with Crippen molar-refractivity contribution < 1.29 is 9.53 Å². The molecular weight excluding hydrogens is 312 g/mol. The number of pyridine rings is 1. The SMILES string of the molecule is CC[C@H](c1ccncc1)N(CC)C(=O)C[C@H]1OCCc2ccccc21. The highest BCUT2D eigenvalue weighted by atomic mass is 16.5. The summed E-state index contributed by atoms with van der Waals surface area (Å²) in [7, 11) is 0. The first-order valence-corrected chi connectivity index (χ1v) is 9.13. The van der Waals surface area contributed by atoms with Crippen LogP contribution in [0.3, 0.4) is 0 Å². The highest BCUT2D eigenvalue weighted by Gasteiger charge is 2.28. The number of hydrogen-bond donors (Lipinski definition) is 0. The Kier molecular flexibility index (Phi) is 5.82. The molecule has 0 aliphatic carbocycles. The van der Waals surface area contributed by atoms with E-state index < -0.39 is 0 Å². The van der Waals surface area contributed by atoms with Gasteiger partial charge in [-0.2, -0.15) is 0 Å². The summed E-state index contributed by atoms with van der Waals surface area (Å²) < 4.78 is 5.93. The Hall–Kier alpha value is -2.20. The first-order valence-electron chi connectivity index (χ1n) is 9.13. The molecule has 1 aliphatic rings. The minimum absolute atomic E-state index is 0.0827. The molecule has 0 unspecified atom stereocenters. The third-order valence-corrected chi connectivity index (χ3v) is 4.97. The van der Waals surface area contributed by atoms with Crippen molar-refractivity contribution in [3.63, 3.8) is 0 Å². The van der Waals surface area contributed by atoms with Crippen molar-refractivity contribution in [1.29, 1.82) is 0 Å². The first kappa shape index (κ1) is 17.6. The van der Waals surface area contributed by atoms with Crippen LogP contribution in [0.5, 0.6) is 0 Å². The van der Waals surface area contributed by atoms with Gasteiger partial charge in [-0.15, -0.1) is 0 Å². The van der Waals surface area contributed by atoms with Crippen molar-refractivity contribution >= 4 is 5.91 Å². The number of rotatable bonds is 6. The fourth-order valence-electron chi connectivity index (χ4n) is 3.71. The maximum Gasteiger partial charge on any atom is 0.226 e. The molecule has 2 atom stereocenters. The lowest BCUT2D eigenvalue weighted by Gasteiger charge is -2.33. The maximum atomic E-state index is 13.1. The fraction of sp³-hybridized carbons (Fsp3) is 0.429. The lowest BCUT2D eigenvalue weighted by molar-refractivity contribution is -0.137. The standard InChI is InChI=1S/C21H26N2O2/c1-3-19(17-9-12-22-13-10-17)23(4-2)21(24)15-20-18-8-6-5-7-16(18)11-14-25-20/h5-10,12-13,19-20H,3-4,11,14-15H2,1-2H3/t19-,20-/m1/s1. The summed E-state index contributed by atoms with van der Waals surface area (Å²) in [6, 6.07) is 12.4. The molecule has 3 rings (SSSR count). The molecule has 132 valence electrons. The van der Waals surface area contributed by atoms with Crippen molar-refractivity contribution in [1.82, 2.24) is 9.88 Å². The smallest absolute Gasteiger partial charge is 0.226 e. The highest BCUT2D eigenvalue weighted by Crippen LogP contribution is 2.32. The molecule has 0 saturated carbocycles. The van der Waals surface area contributed by atoms with Gasteiger partial charge in [0.15, 0.2) is 0 Å². The van der Waals surface area contributed by atoms with E-state index in [0.29, 0.717) is 19.6 Å². The van der Waals surface area contributed by atoms with Gasteiger partial charge in [0.25, 0.3) is 0 Å². The molecule has 2 aromatic rings. The van der Waals surface area contributed by atoms with E-state index in [2.05, 4.69) is 30.1 Å². The zero-order chi connectivity index (χ0) is 17.6. The van der Waals surface area contributed by atoms with Gasteiger partial charge in [-0.1, -0.05) is 31.2 Å². The lowest BCUT2D eigenvalue weighted by atomic mass is 9.95. The molecule has 0 radical (unpaired) electrons. The monoisotopic (exact) mass is 338 g/mol. The van der Waals surface area contributed by atoms with Crippen molar-refractivity contribution in [2.45, 2.75) is 45.3 Å². The van der Waals surface area contributed by atoms with E-state index in [1.165, 1.54) is 5.56 Å². The number of benzene rings is 1. The van der Waals surface area contributed by atoms with E-state index in [1.54, 1.807) is 12.4 Å². The van der Waals surface area contributed by atoms with Crippen LogP contribution >= 0.6 is 0 Å². The minimum Gasteiger partial charge on any atom is -0.373 e. The van der Waals surface area contributed by atoms with Crippen LogP contribution in [-0.2, 0) is 16.0 Å². The van der Waals surface area contributed by atoms with Gasteiger partial charge in [-0.05, 0) is 48.6 Å². The van der Waals surface area contributed by atoms with Gasteiger partial charge in [0.2, 0.25) is 5.91 Å². The Balaban J connectivity index is 1.77. The van der Waals surface area contributed by atoms with E-state index in [0.717, 1.165) is 24.0 Å². The second-order valence-corrected chi connectivity index (χ2v) is 6.40. The summed E-state index contributed by atoms with van der Waals surface area (Å²) in [5, 5.41) is 0. The quantitative estimate of drug-likeness (QED) is 0.797. The molecule has 0 fully saturated rings. The maximum absolute atomic E-state index is 13.1. The van der Waals surface area contributed by atoms with Crippen LogP contribution in [0.25, 0.3) is 0 Å². The van der Waals surface area contributed by atoms with Gasteiger partial charge < -0.3 is 9.64 Å². The molecule has 1 amide bonds. The second kappa shape index (κ2) is 8.26. The van der Waals surface area contributed by atoms with Gasteiger partial charge in [0.05, 0.1) is 25.2 Å². The number of carbonyl (C=O) groups excluding carboxylic acids is 1. The number of amides is 1. The highest BCUT2D eigenvalue weighted by molar-refractivity contribution is 5.77. The summed E-state index contributed by atoms with van der Waals surface area (Å²) in [5.41, 5.74) is 3.60. The summed E-state index contributed by atoms with van der Waals surface area (Å²) in [4.78, 5) is 19.1. The molecule has 25 heavy (non-hydrogen) atoms. The summed E-state index contributed by atoms with van der Waals surface area (Å²) >= 11 is 0. The molecule has 4 nitrogen and oxygen atoms in total. The normalized spacial score (nSPS) is 17.6. The molecule has 2 heterocycles. The molecule has 0 N–H and O–H groups in total. The minimum atomic E-state index is -0.138. The van der Waals surface area contributed by atoms with Crippen LogP contribution in [0.4, 0.5) is 0 Å². The topological polar surface area (TPSA) is 42.4 Å². The number of ether oxygens (including phenoxy) is 1. The third-order valence-electron chi connectivity index (χ3n) is 4.97. The van der Waals surface area contributed by atoms with Crippen molar-refractivity contribution in [2.24, 2.45) is 0 Å². The van der Waals surface area contributed by atoms with Gasteiger partial charge in [0.1, 0.15) is 0 Å². The van der Waals surface area contributed by atoms with Gasteiger partial charge in [-0.3, -0.25) is 9.78 Å². The number of fused-ring (bicyclic) bond motifs is 1. The van der Waals surface area contributed by atoms with Crippen LogP contribution < -0.4 is 0 Å². The Bertz CT molecular complexity index is 702. The van der Waals surface area contributed by atoms with Crippen LogP contribution in [0.1, 0.15) is 55.5 Å². The average Bonchev–Trinajstić information content (AvgIpc) is 2.67. The van der Waals surface area contributed by atoms with Gasteiger partial charge >= 0.3 is 0 Å². The van der Waals surface area contributed by atoms with Crippen molar-refractivity contribution in [2.75, 3.05) is 13.2 Å². The van der Waals surface area contributed by atoms with E-state index in [1.807, 2.05) is 30.0 Å². The van der Waals surface area contributed by atoms with Crippen LogP contribution in [0.15, 0.2) is 48.8 Å². The van der Waals surface area contributed by atoms with E-state index in [4.69, 9.17) is 4.74 Å². The van der Waals surface area contributed by atoms with Crippen LogP contribution in [0.2, 0.25) is 0 Å². The Labute approximate surface area is 149 Å². The summed E-state index contributed by atoms with van der Waals surface area (Å²) in [6.07, 6.45) is 5.64. The molecule has 1 aromatic heterocycles. The largest absolute Gasteiger partial charge is 0.373 e. The third kappa shape index (κ3) is 3.90. The number of aromatic nitrogens is 1.